The normalized spacial score (nSPS) is 39.8. The van der Waals surface area contributed by atoms with E-state index in [9.17, 15) is 29.7 Å². The molecule has 0 aromatic rings. The second-order valence-corrected chi connectivity index (χ2v) is 6.70. The first-order valence-corrected chi connectivity index (χ1v) is 6.77. The van der Waals surface area contributed by atoms with E-state index in [1.807, 2.05) is 0 Å². The van der Waals surface area contributed by atoms with Crippen molar-refractivity contribution in [1.29, 1.82) is 0 Å². The summed E-state index contributed by atoms with van der Waals surface area (Å²) in [6.45, 7) is 4.71. The molecular formula is C13H19NO8. The number of carboxylic acids is 2. The van der Waals surface area contributed by atoms with Crippen molar-refractivity contribution in [2.24, 2.45) is 17.8 Å². The van der Waals surface area contributed by atoms with E-state index in [1.54, 1.807) is 20.8 Å². The summed E-state index contributed by atoms with van der Waals surface area (Å²) in [6.07, 6.45) is -4.46. The van der Waals surface area contributed by atoms with E-state index in [1.165, 1.54) is 0 Å². The summed E-state index contributed by atoms with van der Waals surface area (Å²) in [6, 6.07) is 0. The lowest BCUT2D eigenvalue weighted by Gasteiger charge is -2.34. The average Bonchev–Trinajstić information content (AvgIpc) is 3.02. The number of ether oxygens (including phenoxy) is 1. The minimum atomic E-state index is -2.28. The van der Waals surface area contributed by atoms with Crippen LogP contribution in [-0.4, -0.2) is 61.8 Å². The van der Waals surface area contributed by atoms with E-state index in [2.05, 4.69) is 5.32 Å². The molecule has 2 saturated carbocycles. The third-order valence-electron chi connectivity index (χ3n) is 4.13. The van der Waals surface area contributed by atoms with Crippen molar-refractivity contribution >= 4 is 18.0 Å². The Labute approximate surface area is 125 Å². The maximum absolute atomic E-state index is 11.9. The van der Waals surface area contributed by atoms with Crippen molar-refractivity contribution in [2.45, 2.75) is 44.1 Å². The van der Waals surface area contributed by atoms with Gasteiger partial charge in [0, 0.05) is 11.8 Å². The number of carbonyl (C=O) groups is 3. The van der Waals surface area contributed by atoms with Gasteiger partial charge in [-0.15, -0.1) is 0 Å². The summed E-state index contributed by atoms with van der Waals surface area (Å²) in [5, 5.41) is 40.5. The number of nitrogens with one attached hydrogen (secondary N) is 1. The topological polar surface area (TPSA) is 153 Å². The highest BCUT2D eigenvalue weighted by Crippen LogP contribution is 2.62. The van der Waals surface area contributed by atoms with Crippen LogP contribution < -0.4 is 5.32 Å². The average molecular weight is 317 g/mol. The fraction of sp³-hybridized carbons (Fsp3) is 0.769. The van der Waals surface area contributed by atoms with Gasteiger partial charge in [-0.2, -0.15) is 0 Å². The van der Waals surface area contributed by atoms with Gasteiger partial charge in [0.05, 0.1) is 12.0 Å². The van der Waals surface area contributed by atoms with E-state index in [4.69, 9.17) is 9.84 Å². The molecule has 0 bridgehead atoms. The largest absolute Gasteiger partial charge is 0.481 e. The number of aliphatic hydroxyl groups excluding tert-OH is 2. The zero-order chi connectivity index (χ0) is 17.0. The standard InChI is InChI=1S/C13H19NO8/c1-12(2,3)22-11(21)14-13(10(19)20)6-4(5(6)9(17)18)7(15)8(13)16/h4-8,15-16H,1-3H3,(H,14,21)(H,17,18)(H,19,20)/t4-,5-,6-,7+,8+,13+/m0/s1. The molecule has 0 aromatic heterocycles. The SMILES string of the molecule is CC(C)(C)OC(=O)N[C@]1(C(=O)O)[C@@H]2[C@@H](C(=O)O)[C@@H]2[C@@H](O)[C@H]1O. The van der Waals surface area contributed by atoms with E-state index in [-0.39, 0.29) is 0 Å². The summed E-state index contributed by atoms with van der Waals surface area (Å²) in [7, 11) is 0. The van der Waals surface area contributed by atoms with Crippen molar-refractivity contribution in [2.75, 3.05) is 0 Å². The van der Waals surface area contributed by atoms with Crippen molar-refractivity contribution in [1.82, 2.24) is 5.32 Å². The molecule has 22 heavy (non-hydrogen) atoms. The molecule has 0 unspecified atom stereocenters. The Morgan fingerprint density at radius 2 is 1.68 bits per heavy atom. The summed E-state index contributed by atoms with van der Waals surface area (Å²) >= 11 is 0. The number of amides is 1. The molecular weight excluding hydrogens is 298 g/mol. The maximum atomic E-state index is 11.9. The van der Waals surface area contributed by atoms with Gasteiger partial charge >= 0.3 is 18.0 Å². The van der Waals surface area contributed by atoms with Crippen LogP contribution in [0.3, 0.4) is 0 Å². The molecule has 2 aliphatic carbocycles. The number of hydrogen-bond acceptors (Lipinski definition) is 6. The molecule has 2 rings (SSSR count). The third kappa shape index (κ3) is 2.30. The summed E-state index contributed by atoms with van der Waals surface area (Å²) in [5.74, 6) is -6.04. The van der Waals surface area contributed by atoms with Gasteiger partial charge in [-0.05, 0) is 20.8 Å². The van der Waals surface area contributed by atoms with E-state index < -0.39 is 59.1 Å². The van der Waals surface area contributed by atoms with Gasteiger partial charge in [0.1, 0.15) is 11.7 Å². The maximum Gasteiger partial charge on any atom is 0.408 e. The first kappa shape index (κ1) is 16.5. The lowest BCUT2D eigenvalue weighted by Crippen LogP contribution is -2.65. The highest BCUT2D eigenvalue weighted by molar-refractivity contribution is 5.90. The summed E-state index contributed by atoms with van der Waals surface area (Å²) < 4.78 is 4.97. The van der Waals surface area contributed by atoms with Crippen LogP contribution in [0.15, 0.2) is 0 Å². The second kappa shape index (κ2) is 4.82. The predicted octanol–water partition coefficient (Wildman–Crippen LogP) is -0.983. The van der Waals surface area contributed by atoms with Crippen LogP contribution in [0.25, 0.3) is 0 Å². The predicted molar refractivity (Wildman–Crippen MR) is 69.9 cm³/mol. The fourth-order valence-electron chi connectivity index (χ4n) is 3.29. The number of alkyl carbamates (subject to hydrolysis) is 1. The number of fused-ring (bicyclic) bond motifs is 1. The van der Waals surface area contributed by atoms with Gasteiger partial charge in [0.2, 0.25) is 0 Å². The van der Waals surface area contributed by atoms with Crippen LogP contribution in [0, 0.1) is 17.8 Å². The Morgan fingerprint density at radius 3 is 2.09 bits per heavy atom. The van der Waals surface area contributed by atoms with E-state index >= 15 is 0 Å². The molecule has 0 radical (unpaired) electrons. The van der Waals surface area contributed by atoms with Crippen molar-refractivity contribution in [3.05, 3.63) is 0 Å². The Hall–Kier alpha value is -1.87. The molecule has 0 heterocycles. The summed E-state index contributed by atoms with van der Waals surface area (Å²) in [4.78, 5) is 34.7. The van der Waals surface area contributed by atoms with Crippen LogP contribution in [0.4, 0.5) is 4.79 Å². The lowest BCUT2D eigenvalue weighted by atomic mass is 9.87. The molecule has 0 saturated heterocycles. The third-order valence-corrected chi connectivity index (χ3v) is 4.13. The Balaban J connectivity index is 2.31. The zero-order valence-electron chi connectivity index (χ0n) is 12.3. The van der Waals surface area contributed by atoms with Crippen LogP contribution >= 0.6 is 0 Å². The number of aliphatic carboxylic acids is 2. The van der Waals surface area contributed by atoms with Crippen LogP contribution in [0.1, 0.15) is 20.8 Å². The smallest absolute Gasteiger partial charge is 0.408 e. The number of carboxylic acid groups (broad SMARTS) is 2. The molecule has 6 atom stereocenters. The van der Waals surface area contributed by atoms with Gasteiger partial charge < -0.3 is 30.5 Å². The van der Waals surface area contributed by atoms with Crippen molar-refractivity contribution < 1.29 is 39.5 Å². The van der Waals surface area contributed by atoms with Gasteiger partial charge in [0.15, 0.2) is 5.54 Å². The van der Waals surface area contributed by atoms with Crippen molar-refractivity contribution in [3.8, 4) is 0 Å². The summed E-state index contributed by atoms with van der Waals surface area (Å²) in [5.41, 5.74) is -3.18. The number of rotatable bonds is 3. The number of aliphatic hydroxyl groups is 2. The number of carbonyl (C=O) groups excluding carboxylic acids is 1. The van der Waals surface area contributed by atoms with Crippen LogP contribution in [-0.2, 0) is 14.3 Å². The van der Waals surface area contributed by atoms with Gasteiger partial charge in [0.25, 0.3) is 0 Å². The molecule has 0 spiro atoms. The first-order valence-electron chi connectivity index (χ1n) is 6.77. The van der Waals surface area contributed by atoms with Gasteiger partial charge in [-0.3, -0.25) is 4.79 Å². The van der Waals surface area contributed by atoms with Gasteiger partial charge in [-0.25, -0.2) is 9.59 Å². The van der Waals surface area contributed by atoms with E-state index in [0.717, 1.165) is 0 Å². The second-order valence-electron chi connectivity index (χ2n) is 6.70. The molecule has 124 valence electrons. The van der Waals surface area contributed by atoms with E-state index in [0.29, 0.717) is 0 Å². The fourth-order valence-corrected chi connectivity index (χ4v) is 3.29. The Bertz CT molecular complexity index is 527. The first-order chi connectivity index (χ1) is 9.93. The molecule has 2 fully saturated rings. The zero-order valence-corrected chi connectivity index (χ0v) is 12.3. The quantitative estimate of drug-likeness (QED) is 0.445. The molecule has 9 heteroatoms. The van der Waals surface area contributed by atoms with Crippen LogP contribution in [0.2, 0.25) is 0 Å². The molecule has 5 N–H and O–H groups in total. The van der Waals surface area contributed by atoms with Gasteiger partial charge in [-0.1, -0.05) is 0 Å². The van der Waals surface area contributed by atoms with Crippen molar-refractivity contribution in [3.63, 3.8) is 0 Å². The highest BCUT2D eigenvalue weighted by atomic mass is 16.6. The molecule has 2 aliphatic rings. The minimum Gasteiger partial charge on any atom is -0.481 e. The number of hydrogen-bond donors (Lipinski definition) is 5. The lowest BCUT2D eigenvalue weighted by molar-refractivity contribution is -0.155. The van der Waals surface area contributed by atoms with Crippen LogP contribution in [0.5, 0.6) is 0 Å². The highest BCUT2D eigenvalue weighted by Gasteiger charge is 2.80. The minimum absolute atomic E-state index is 0.902. The molecule has 9 nitrogen and oxygen atoms in total. The monoisotopic (exact) mass is 317 g/mol. The molecule has 0 aliphatic heterocycles. The molecule has 1 amide bonds. The Morgan fingerprint density at radius 1 is 1.14 bits per heavy atom. The molecule has 0 aromatic carbocycles. The Kier molecular flexibility index (Phi) is 3.61.